The first-order valence-electron chi connectivity index (χ1n) is 11.8. The number of sulfonamides is 1. The molecule has 2 amide bonds. The number of nitrogens with one attached hydrogen (secondary N) is 2. The Morgan fingerprint density at radius 2 is 1.81 bits per heavy atom. The van der Waals surface area contributed by atoms with Crippen molar-refractivity contribution in [2.75, 3.05) is 19.7 Å². The lowest BCUT2D eigenvalue weighted by Crippen LogP contribution is -2.48. The van der Waals surface area contributed by atoms with Gasteiger partial charge in [0.2, 0.25) is 15.9 Å². The molecule has 3 aromatic rings. The molecule has 0 aliphatic carbocycles. The van der Waals surface area contributed by atoms with Crippen molar-refractivity contribution in [2.24, 2.45) is 7.05 Å². The third-order valence-corrected chi connectivity index (χ3v) is 8.68. The van der Waals surface area contributed by atoms with Crippen molar-refractivity contribution in [3.8, 4) is 5.75 Å². The number of aromatic nitrogens is 1. The average molecular weight is 533 g/mol. The second-order valence-electron chi connectivity index (χ2n) is 9.03. The Hall–Kier alpha value is -3.71. The SMILES string of the molecule is Cn1c(=O)oc2ccc(S(=O)(=O)N3[C@@H]4CC[C@H]3CC(=O)NCCOc3ccc(F)cc3C(=O)NC4)cc21. The molecule has 0 saturated carbocycles. The molecule has 2 bridgehead atoms. The number of hydrogen-bond donors (Lipinski definition) is 2. The molecule has 3 heterocycles. The number of amides is 2. The van der Waals surface area contributed by atoms with E-state index in [0.29, 0.717) is 18.4 Å². The molecule has 11 nitrogen and oxygen atoms in total. The quantitative estimate of drug-likeness (QED) is 0.504. The van der Waals surface area contributed by atoms with Gasteiger partial charge in [0.05, 0.1) is 22.5 Å². The smallest absolute Gasteiger partial charge is 0.419 e. The molecule has 196 valence electrons. The molecule has 5 rings (SSSR count). The summed E-state index contributed by atoms with van der Waals surface area (Å²) in [5.41, 5.74) is 0.527. The van der Waals surface area contributed by atoms with Crippen LogP contribution in [0.4, 0.5) is 4.39 Å². The fourth-order valence-corrected chi connectivity index (χ4v) is 6.74. The maximum Gasteiger partial charge on any atom is 0.419 e. The van der Waals surface area contributed by atoms with Crippen LogP contribution in [0.5, 0.6) is 5.75 Å². The Kier molecular flexibility index (Phi) is 6.50. The highest BCUT2D eigenvalue weighted by Crippen LogP contribution is 2.34. The lowest BCUT2D eigenvalue weighted by Gasteiger charge is -2.29. The van der Waals surface area contributed by atoms with Crippen LogP contribution in [0.3, 0.4) is 0 Å². The van der Waals surface area contributed by atoms with Crippen molar-refractivity contribution in [1.82, 2.24) is 19.5 Å². The minimum Gasteiger partial charge on any atom is -0.491 e. The summed E-state index contributed by atoms with van der Waals surface area (Å²) in [6.45, 7) is 0.0975. The van der Waals surface area contributed by atoms with Crippen molar-refractivity contribution >= 4 is 32.9 Å². The first-order valence-corrected chi connectivity index (χ1v) is 13.2. The van der Waals surface area contributed by atoms with Crippen LogP contribution >= 0.6 is 0 Å². The number of aryl methyl sites for hydroxylation is 1. The molecule has 2 aliphatic rings. The molecule has 1 saturated heterocycles. The van der Waals surface area contributed by atoms with E-state index in [1.807, 2.05) is 0 Å². The Morgan fingerprint density at radius 3 is 2.62 bits per heavy atom. The van der Waals surface area contributed by atoms with Gasteiger partial charge in [0.15, 0.2) is 5.58 Å². The minimum atomic E-state index is -4.15. The van der Waals surface area contributed by atoms with Gasteiger partial charge in [0, 0.05) is 32.1 Å². The Balaban J connectivity index is 1.51. The van der Waals surface area contributed by atoms with E-state index in [2.05, 4.69) is 10.6 Å². The molecule has 13 heteroatoms. The van der Waals surface area contributed by atoms with Crippen LogP contribution in [0.1, 0.15) is 29.6 Å². The van der Waals surface area contributed by atoms with Crippen LogP contribution in [-0.2, 0) is 21.9 Å². The summed E-state index contributed by atoms with van der Waals surface area (Å²) < 4.78 is 54.8. The summed E-state index contributed by atoms with van der Waals surface area (Å²) in [7, 11) is -2.68. The van der Waals surface area contributed by atoms with E-state index in [4.69, 9.17) is 9.15 Å². The van der Waals surface area contributed by atoms with Crippen molar-refractivity contribution in [1.29, 1.82) is 0 Å². The van der Waals surface area contributed by atoms with Gasteiger partial charge >= 0.3 is 5.76 Å². The number of halogens is 1. The number of oxazole rings is 1. The fraction of sp³-hybridized carbons (Fsp3) is 0.375. The minimum absolute atomic E-state index is 0.0290. The predicted octanol–water partition coefficient (Wildman–Crippen LogP) is 1.12. The van der Waals surface area contributed by atoms with Gasteiger partial charge in [-0.15, -0.1) is 0 Å². The molecular formula is C24H25FN4O7S. The van der Waals surface area contributed by atoms with Crippen molar-refractivity contribution in [2.45, 2.75) is 36.2 Å². The molecule has 0 spiro atoms. The molecule has 2 N–H and O–H groups in total. The third-order valence-electron chi connectivity index (χ3n) is 6.68. The van der Waals surface area contributed by atoms with Gasteiger partial charge in [-0.3, -0.25) is 14.2 Å². The Bertz CT molecular complexity index is 1550. The highest BCUT2D eigenvalue weighted by atomic mass is 32.2. The lowest BCUT2D eigenvalue weighted by atomic mass is 10.1. The van der Waals surface area contributed by atoms with Gasteiger partial charge in [0.1, 0.15) is 18.2 Å². The zero-order chi connectivity index (χ0) is 26.3. The van der Waals surface area contributed by atoms with Gasteiger partial charge in [-0.25, -0.2) is 17.6 Å². The number of rotatable bonds is 2. The van der Waals surface area contributed by atoms with E-state index >= 15 is 0 Å². The van der Waals surface area contributed by atoms with E-state index in [1.54, 1.807) is 0 Å². The number of benzene rings is 2. The molecular weight excluding hydrogens is 507 g/mol. The maximum atomic E-state index is 13.9. The molecule has 0 radical (unpaired) electrons. The van der Waals surface area contributed by atoms with E-state index in [-0.39, 0.29) is 53.8 Å². The summed E-state index contributed by atoms with van der Waals surface area (Å²) in [5, 5.41) is 5.41. The number of carbonyl (C=O) groups is 2. The van der Waals surface area contributed by atoms with Crippen LogP contribution in [0.15, 0.2) is 50.5 Å². The molecule has 2 aliphatic heterocycles. The number of nitrogens with zero attached hydrogens (tertiary/aromatic N) is 2. The summed E-state index contributed by atoms with van der Waals surface area (Å²) in [4.78, 5) is 37.4. The zero-order valence-corrected chi connectivity index (χ0v) is 20.7. The Morgan fingerprint density at radius 1 is 1.03 bits per heavy atom. The van der Waals surface area contributed by atoms with E-state index in [1.165, 1.54) is 40.2 Å². The van der Waals surface area contributed by atoms with Gasteiger partial charge in [0.25, 0.3) is 5.91 Å². The van der Waals surface area contributed by atoms with Gasteiger partial charge in [-0.1, -0.05) is 0 Å². The number of ether oxygens (including phenoxy) is 1. The third kappa shape index (κ3) is 4.71. The topological polar surface area (TPSA) is 140 Å². The van der Waals surface area contributed by atoms with E-state index in [9.17, 15) is 27.2 Å². The van der Waals surface area contributed by atoms with Crippen molar-refractivity contribution < 1.29 is 31.6 Å². The summed E-state index contributed by atoms with van der Waals surface area (Å²) in [5.74, 6) is -2.05. The highest BCUT2D eigenvalue weighted by molar-refractivity contribution is 7.89. The second kappa shape index (κ2) is 9.63. The Labute approximate surface area is 211 Å². The first kappa shape index (κ1) is 25.0. The van der Waals surface area contributed by atoms with Crippen molar-refractivity contribution in [3.63, 3.8) is 0 Å². The lowest BCUT2D eigenvalue weighted by molar-refractivity contribution is -0.121. The fourth-order valence-electron chi connectivity index (χ4n) is 4.85. The normalized spacial score (nSPS) is 21.6. The van der Waals surface area contributed by atoms with Crippen molar-refractivity contribution in [3.05, 3.63) is 58.3 Å². The highest BCUT2D eigenvalue weighted by Gasteiger charge is 2.43. The van der Waals surface area contributed by atoms with E-state index < -0.39 is 39.6 Å². The first-order chi connectivity index (χ1) is 17.6. The van der Waals surface area contributed by atoms with Gasteiger partial charge in [-0.05, 0) is 49.2 Å². The largest absolute Gasteiger partial charge is 0.491 e. The van der Waals surface area contributed by atoms with Crippen LogP contribution in [0.25, 0.3) is 11.1 Å². The van der Waals surface area contributed by atoms with Crippen LogP contribution in [0.2, 0.25) is 0 Å². The number of hydrogen-bond acceptors (Lipinski definition) is 7. The summed E-state index contributed by atoms with van der Waals surface area (Å²) in [6, 6.07) is 6.35. The van der Waals surface area contributed by atoms with Gasteiger partial charge in [-0.2, -0.15) is 4.31 Å². The summed E-state index contributed by atoms with van der Waals surface area (Å²) >= 11 is 0. The molecule has 2 aromatic carbocycles. The average Bonchev–Trinajstić information content (AvgIpc) is 3.40. The molecule has 1 fully saturated rings. The number of fused-ring (bicyclic) bond motifs is 4. The maximum absolute atomic E-state index is 13.9. The van der Waals surface area contributed by atoms with Gasteiger partial charge < -0.3 is 19.8 Å². The zero-order valence-electron chi connectivity index (χ0n) is 19.9. The second-order valence-corrected chi connectivity index (χ2v) is 10.9. The predicted molar refractivity (Wildman–Crippen MR) is 129 cm³/mol. The monoisotopic (exact) mass is 532 g/mol. The molecule has 2 atom stereocenters. The van der Waals surface area contributed by atoms with Crippen LogP contribution < -0.4 is 21.1 Å². The standard InChI is InChI=1S/C24H25FN4O7S/c1-28-19-12-17(5-7-21(19)36-24(28)32)37(33,34)29-15-3-4-16(29)13-27-23(31)18-10-14(25)2-6-20(18)35-9-8-26-22(30)11-15/h2,5-7,10,12,15-16H,3-4,8-9,11,13H2,1H3,(H,26,30)(H,27,31)/t15-,16+/m0/s1. The van der Waals surface area contributed by atoms with Crippen LogP contribution in [-0.4, -0.2) is 60.9 Å². The van der Waals surface area contributed by atoms with Crippen LogP contribution in [0, 0.1) is 5.82 Å². The number of carbonyl (C=O) groups excluding carboxylic acids is 2. The molecule has 37 heavy (non-hydrogen) atoms. The molecule has 1 aromatic heterocycles. The molecule has 0 unspecified atom stereocenters. The van der Waals surface area contributed by atoms with E-state index in [0.717, 1.165) is 12.1 Å². The summed E-state index contributed by atoms with van der Waals surface area (Å²) in [6.07, 6.45) is 0.732.